The van der Waals surface area contributed by atoms with Crippen LogP contribution in [0.15, 0.2) is 17.0 Å². The maximum atomic E-state index is 5.59. The highest BCUT2D eigenvalue weighted by atomic mass is 127. The van der Waals surface area contributed by atoms with Crippen molar-refractivity contribution in [2.75, 3.05) is 0 Å². The highest BCUT2D eigenvalue weighted by molar-refractivity contribution is 14.1. The highest BCUT2D eigenvalue weighted by Gasteiger charge is 2.51. The number of aromatic amines is 1. The number of aromatic nitrogens is 4. The summed E-state index contributed by atoms with van der Waals surface area (Å²) in [5.74, 6) is 4.60. The summed E-state index contributed by atoms with van der Waals surface area (Å²) < 4.78 is 5.78. The molecule has 4 aliphatic carbocycles. The first kappa shape index (κ1) is 15.3. The minimum Gasteiger partial charge on any atom is -0.348 e. The fraction of sp³-hybridized carbons (Fsp3) is 0.722. The van der Waals surface area contributed by atoms with Gasteiger partial charge in [0.2, 0.25) is 5.89 Å². The molecule has 0 saturated heterocycles. The molecule has 0 aliphatic heterocycles. The van der Waals surface area contributed by atoms with Gasteiger partial charge in [-0.2, -0.15) is 4.98 Å². The third-order valence-electron chi connectivity index (χ3n) is 6.40. The van der Waals surface area contributed by atoms with E-state index in [1.54, 1.807) is 6.33 Å². The summed E-state index contributed by atoms with van der Waals surface area (Å²) in [5, 5.41) is 4.33. The van der Waals surface area contributed by atoms with E-state index in [-0.39, 0.29) is 3.92 Å². The fourth-order valence-electron chi connectivity index (χ4n) is 5.99. The molecule has 1 N–H and O–H groups in total. The van der Waals surface area contributed by atoms with Gasteiger partial charge in [-0.3, -0.25) is 0 Å². The molecule has 128 valence electrons. The van der Waals surface area contributed by atoms with E-state index in [0.29, 0.717) is 5.41 Å². The number of alkyl halides is 1. The Morgan fingerprint density at radius 2 is 1.92 bits per heavy atom. The van der Waals surface area contributed by atoms with E-state index in [1.807, 2.05) is 6.20 Å². The second kappa shape index (κ2) is 5.81. The molecule has 1 atom stereocenters. The van der Waals surface area contributed by atoms with Crippen LogP contribution in [0.2, 0.25) is 0 Å². The Bertz CT molecular complexity index is 675. The molecular weight excluding hydrogens is 415 g/mol. The molecule has 0 radical (unpaired) electrons. The summed E-state index contributed by atoms with van der Waals surface area (Å²) in [5.41, 5.74) is 1.58. The number of imidazole rings is 1. The predicted octanol–water partition coefficient (Wildman–Crippen LogP) is 4.27. The first-order valence-corrected chi connectivity index (χ1v) is 10.4. The van der Waals surface area contributed by atoms with Crippen molar-refractivity contribution in [2.45, 2.75) is 55.3 Å². The maximum Gasteiger partial charge on any atom is 0.240 e. The van der Waals surface area contributed by atoms with Crippen LogP contribution in [0.1, 0.15) is 59.9 Å². The van der Waals surface area contributed by atoms with E-state index in [9.17, 15) is 0 Å². The lowest BCUT2D eigenvalue weighted by molar-refractivity contribution is -0.0533. The molecule has 5 nitrogen and oxygen atoms in total. The quantitative estimate of drug-likeness (QED) is 0.559. The van der Waals surface area contributed by atoms with E-state index in [0.717, 1.165) is 48.0 Å². The van der Waals surface area contributed by atoms with E-state index in [4.69, 9.17) is 9.51 Å². The van der Waals surface area contributed by atoms with Crippen molar-refractivity contribution < 1.29 is 4.52 Å². The van der Waals surface area contributed by atoms with E-state index in [1.165, 1.54) is 38.5 Å². The number of hydrogen-bond acceptors (Lipinski definition) is 4. The van der Waals surface area contributed by atoms with Gasteiger partial charge in [0, 0.05) is 24.7 Å². The molecule has 0 unspecified atom stereocenters. The predicted molar refractivity (Wildman–Crippen MR) is 97.7 cm³/mol. The van der Waals surface area contributed by atoms with Gasteiger partial charge < -0.3 is 9.51 Å². The molecule has 6 heteroatoms. The van der Waals surface area contributed by atoms with Crippen LogP contribution in [0.3, 0.4) is 0 Å². The Morgan fingerprint density at radius 1 is 1.21 bits per heavy atom. The van der Waals surface area contributed by atoms with E-state index >= 15 is 0 Å². The lowest BCUT2D eigenvalue weighted by atomic mass is 9.49. The molecule has 2 heterocycles. The summed E-state index contributed by atoms with van der Waals surface area (Å²) in [4.78, 5) is 12.0. The lowest BCUT2D eigenvalue weighted by Gasteiger charge is -2.56. The third kappa shape index (κ3) is 2.80. The van der Waals surface area contributed by atoms with Crippen LogP contribution in [-0.2, 0) is 12.8 Å². The minimum absolute atomic E-state index is 0.195. The number of halogens is 1. The first-order chi connectivity index (χ1) is 11.7. The number of hydrogen-bond donors (Lipinski definition) is 1. The summed E-state index contributed by atoms with van der Waals surface area (Å²) in [6, 6.07) is 0. The van der Waals surface area contributed by atoms with Crippen molar-refractivity contribution >= 4 is 22.6 Å². The van der Waals surface area contributed by atoms with Crippen molar-refractivity contribution in [1.82, 2.24) is 20.1 Å². The van der Waals surface area contributed by atoms with Crippen LogP contribution < -0.4 is 0 Å². The molecule has 2 aromatic rings. The van der Waals surface area contributed by atoms with E-state index in [2.05, 4.69) is 37.7 Å². The largest absolute Gasteiger partial charge is 0.348 e. The summed E-state index contributed by atoms with van der Waals surface area (Å²) in [7, 11) is 0. The monoisotopic (exact) mass is 438 g/mol. The Kier molecular flexibility index (Phi) is 3.72. The molecule has 6 rings (SSSR count). The van der Waals surface area contributed by atoms with Crippen molar-refractivity contribution in [3.63, 3.8) is 0 Å². The topological polar surface area (TPSA) is 67.6 Å². The van der Waals surface area contributed by atoms with Gasteiger partial charge in [0.15, 0.2) is 5.82 Å². The zero-order valence-corrected chi connectivity index (χ0v) is 15.9. The Hall–Kier alpha value is -0.920. The molecule has 4 aliphatic rings. The smallest absolute Gasteiger partial charge is 0.240 e. The van der Waals surface area contributed by atoms with Crippen molar-refractivity contribution in [3.8, 4) is 0 Å². The van der Waals surface area contributed by atoms with Crippen LogP contribution >= 0.6 is 22.6 Å². The van der Waals surface area contributed by atoms with Crippen molar-refractivity contribution in [2.24, 2.45) is 23.2 Å². The zero-order chi connectivity index (χ0) is 16.1. The average molecular weight is 438 g/mol. The van der Waals surface area contributed by atoms with Crippen LogP contribution in [0.5, 0.6) is 0 Å². The summed E-state index contributed by atoms with van der Waals surface area (Å²) >= 11 is 2.39. The molecule has 4 fully saturated rings. The standard InChI is InChI=1S/C18H23IN4O/c19-15(4-14-9-20-10-21-14)17-22-16(23-24-17)8-18-5-11-1-12(6-18)3-13(2-11)7-18/h9-13,15H,1-8H2,(H,20,21)/t11?,12?,13?,15-,18?/m0/s1. The minimum atomic E-state index is 0.195. The molecule has 0 amide bonds. The SMILES string of the molecule is I[C@@H](Cc1cnc[nH]1)c1nc(CC23CC4CC(CC(C4)C2)C3)no1. The Balaban J connectivity index is 1.29. The van der Waals surface area contributed by atoms with Gasteiger partial charge in [-0.1, -0.05) is 27.7 Å². The van der Waals surface area contributed by atoms with Gasteiger partial charge in [0.1, 0.15) is 0 Å². The fourth-order valence-corrected chi connectivity index (χ4v) is 6.71. The van der Waals surface area contributed by atoms with Gasteiger partial charge in [-0.05, 0) is 61.7 Å². The molecule has 0 spiro atoms. The molecule has 2 aromatic heterocycles. The highest BCUT2D eigenvalue weighted by Crippen LogP contribution is 2.60. The normalized spacial score (nSPS) is 35.5. The van der Waals surface area contributed by atoms with Gasteiger partial charge in [-0.15, -0.1) is 0 Å². The van der Waals surface area contributed by atoms with Crippen LogP contribution in [0.4, 0.5) is 0 Å². The van der Waals surface area contributed by atoms with Crippen molar-refractivity contribution in [1.29, 1.82) is 0 Å². The van der Waals surface area contributed by atoms with Gasteiger partial charge in [0.05, 0.1) is 10.3 Å². The Labute approximate surface area is 155 Å². The molecule has 0 aromatic carbocycles. The number of rotatable bonds is 5. The molecule has 24 heavy (non-hydrogen) atoms. The second-order valence-corrected chi connectivity index (χ2v) is 9.90. The van der Waals surface area contributed by atoms with Gasteiger partial charge >= 0.3 is 0 Å². The number of nitrogens with one attached hydrogen (secondary N) is 1. The van der Waals surface area contributed by atoms with Gasteiger partial charge in [0.25, 0.3) is 0 Å². The average Bonchev–Trinajstić information content (AvgIpc) is 3.17. The Morgan fingerprint density at radius 3 is 2.54 bits per heavy atom. The lowest BCUT2D eigenvalue weighted by Crippen LogP contribution is -2.47. The number of nitrogens with zero attached hydrogens (tertiary/aromatic N) is 3. The second-order valence-electron chi connectivity index (χ2n) is 8.39. The molecule has 4 saturated carbocycles. The molecular formula is C18H23IN4O. The summed E-state index contributed by atoms with van der Waals surface area (Å²) in [6.45, 7) is 0. The first-order valence-electron chi connectivity index (χ1n) is 9.11. The zero-order valence-electron chi connectivity index (χ0n) is 13.7. The molecule has 4 bridgehead atoms. The van der Waals surface area contributed by atoms with Crippen LogP contribution in [0, 0.1) is 23.2 Å². The maximum absolute atomic E-state index is 5.59. The third-order valence-corrected chi connectivity index (χ3v) is 7.38. The van der Waals surface area contributed by atoms with E-state index < -0.39 is 0 Å². The van der Waals surface area contributed by atoms with Crippen LogP contribution in [-0.4, -0.2) is 20.1 Å². The van der Waals surface area contributed by atoms with Crippen molar-refractivity contribution in [3.05, 3.63) is 29.9 Å². The summed E-state index contributed by atoms with van der Waals surface area (Å²) in [6.07, 6.45) is 14.1. The van der Waals surface area contributed by atoms with Crippen LogP contribution in [0.25, 0.3) is 0 Å². The van der Waals surface area contributed by atoms with Gasteiger partial charge in [-0.25, -0.2) is 4.98 Å². The number of H-pyrrole nitrogens is 1.